The number of nitrogens with zero attached hydrogens (tertiary/aromatic N) is 4. The third-order valence-electron chi connectivity index (χ3n) is 5.85. The summed E-state index contributed by atoms with van der Waals surface area (Å²) >= 11 is 0. The Labute approximate surface area is 140 Å². The van der Waals surface area contributed by atoms with Crippen LogP contribution in [0, 0.1) is 5.92 Å². The Balaban J connectivity index is 1.83. The lowest BCUT2D eigenvalue weighted by atomic mass is 9.68. The van der Waals surface area contributed by atoms with Crippen LogP contribution in [-0.2, 0) is 12.0 Å². The van der Waals surface area contributed by atoms with Gasteiger partial charge in [-0.15, -0.1) is 10.2 Å². The molecule has 1 aromatic heterocycles. The fraction of sp³-hybridized carbons (Fsp3) is 0.889. The van der Waals surface area contributed by atoms with E-state index in [1.165, 1.54) is 32.1 Å². The van der Waals surface area contributed by atoms with Gasteiger partial charge in [0.25, 0.3) is 0 Å². The second kappa shape index (κ2) is 6.80. The molecule has 1 saturated heterocycles. The highest BCUT2D eigenvalue weighted by atomic mass is 16.3. The lowest BCUT2D eigenvalue weighted by molar-refractivity contribution is 0.108. The summed E-state index contributed by atoms with van der Waals surface area (Å²) in [6, 6.07) is 0.603. The third-order valence-corrected chi connectivity index (χ3v) is 5.85. The van der Waals surface area contributed by atoms with Crippen molar-refractivity contribution >= 4 is 5.95 Å². The fourth-order valence-electron chi connectivity index (χ4n) is 4.17. The Morgan fingerprint density at radius 2 is 2.04 bits per heavy atom. The molecule has 1 N–H and O–H groups in total. The highest BCUT2D eigenvalue weighted by Crippen LogP contribution is 2.43. The monoisotopic (exact) mass is 320 g/mol. The molecule has 3 rings (SSSR count). The average molecular weight is 320 g/mol. The summed E-state index contributed by atoms with van der Waals surface area (Å²) in [6.07, 6.45) is 8.30. The molecule has 2 aliphatic rings. The van der Waals surface area contributed by atoms with E-state index < -0.39 is 0 Å². The molecule has 1 aliphatic heterocycles. The lowest BCUT2D eigenvalue weighted by Crippen LogP contribution is -2.41. The van der Waals surface area contributed by atoms with Gasteiger partial charge in [0.05, 0.1) is 12.0 Å². The first kappa shape index (κ1) is 16.7. The summed E-state index contributed by atoms with van der Waals surface area (Å²) in [5.74, 6) is 2.80. The van der Waals surface area contributed by atoms with Gasteiger partial charge in [0.15, 0.2) is 0 Å². The molecule has 0 bridgehead atoms. The Bertz CT molecular complexity index is 516. The van der Waals surface area contributed by atoms with Crippen LogP contribution >= 0.6 is 0 Å². The molecule has 1 unspecified atom stereocenters. The first-order valence-electron chi connectivity index (χ1n) is 9.42. The number of rotatable bonds is 7. The average Bonchev–Trinajstić information content (AvgIpc) is 3.10. The van der Waals surface area contributed by atoms with E-state index in [4.69, 9.17) is 0 Å². The van der Waals surface area contributed by atoms with Gasteiger partial charge in [-0.1, -0.05) is 20.3 Å². The molecule has 0 spiro atoms. The van der Waals surface area contributed by atoms with E-state index in [0.29, 0.717) is 6.04 Å². The summed E-state index contributed by atoms with van der Waals surface area (Å²) in [5.41, 5.74) is -0.131. The summed E-state index contributed by atoms with van der Waals surface area (Å²) in [4.78, 5) is 2.48. The van der Waals surface area contributed by atoms with E-state index in [0.717, 1.165) is 43.6 Å². The quantitative estimate of drug-likeness (QED) is 0.838. The van der Waals surface area contributed by atoms with Gasteiger partial charge in [-0.25, -0.2) is 0 Å². The molecule has 1 aromatic rings. The van der Waals surface area contributed by atoms with Crippen molar-refractivity contribution in [2.75, 3.05) is 18.1 Å². The fourth-order valence-corrected chi connectivity index (χ4v) is 4.17. The van der Waals surface area contributed by atoms with Crippen LogP contribution in [0.1, 0.15) is 71.5 Å². The minimum atomic E-state index is -0.131. The topological polar surface area (TPSA) is 54.2 Å². The van der Waals surface area contributed by atoms with E-state index in [2.05, 4.69) is 40.4 Å². The second-order valence-corrected chi connectivity index (χ2v) is 7.82. The van der Waals surface area contributed by atoms with Gasteiger partial charge in [0, 0.05) is 19.1 Å². The van der Waals surface area contributed by atoms with Crippen molar-refractivity contribution in [3.63, 3.8) is 0 Å². The van der Waals surface area contributed by atoms with Crippen molar-refractivity contribution in [2.45, 2.75) is 83.7 Å². The normalized spacial score (nSPS) is 23.5. The van der Waals surface area contributed by atoms with Crippen LogP contribution in [0.4, 0.5) is 5.95 Å². The number of hydrogen-bond acceptors (Lipinski definition) is 4. The number of anilines is 1. The summed E-state index contributed by atoms with van der Waals surface area (Å²) in [7, 11) is 0. The zero-order valence-corrected chi connectivity index (χ0v) is 15.0. The van der Waals surface area contributed by atoms with Crippen LogP contribution in [0.5, 0.6) is 0 Å². The van der Waals surface area contributed by atoms with Gasteiger partial charge < -0.3 is 10.0 Å². The van der Waals surface area contributed by atoms with Crippen molar-refractivity contribution < 1.29 is 5.11 Å². The molecule has 0 amide bonds. The minimum Gasteiger partial charge on any atom is -0.395 e. The van der Waals surface area contributed by atoms with E-state index in [-0.39, 0.29) is 12.0 Å². The van der Waals surface area contributed by atoms with Crippen LogP contribution in [0.25, 0.3) is 0 Å². The molecule has 23 heavy (non-hydrogen) atoms. The maximum atomic E-state index is 9.89. The Morgan fingerprint density at radius 1 is 1.26 bits per heavy atom. The molecule has 5 heteroatoms. The number of aromatic nitrogens is 3. The van der Waals surface area contributed by atoms with E-state index in [1.807, 2.05) is 0 Å². The summed E-state index contributed by atoms with van der Waals surface area (Å²) < 4.78 is 2.27. The molecular formula is C18H32N4O. The number of hydrogen-bond donors (Lipinski definition) is 1. The minimum absolute atomic E-state index is 0.131. The van der Waals surface area contributed by atoms with Gasteiger partial charge in [-0.05, 0) is 51.4 Å². The molecule has 1 aliphatic carbocycles. The lowest BCUT2D eigenvalue weighted by Gasteiger charge is -2.39. The van der Waals surface area contributed by atoms with E-state index in [9.17, 15) is 5.11 Å². The van der Waals surface area contributed by atoms with Gasteiger partial charge in [-0.2, -0.15) is 0 Å². The van der Waals surface area contributed by atoms with Crippen LogP contribution < -0.4 is 4.90 Å². The predicted molar refractivity (Wildman–Crippen MR) is 92.8 cm³/mol. The number of aliphatic hydroxyl groups excluding tert-OH is 1. The SMILES string of the molecule is CCn1c(N2CCCC2CCC(C)C)nnc1C1(CO)CCC1. The van der Waals surface area contributed by atoms with E-state index in [1.54, 1.807) is 0 Å². The maximum Gasteiger partial charge on any atom is 0.227 e. The van der Waals surface area contributed by atoms with Crippen molar-refractivity contribution in [3.05, 3.63) is 5.82 Å². The third kappa shape index (κ3) is 3.00. The highest BCUT2D eigenvalue weighted by Gasteiger charge is 2.43. The number of aliphatic hydroxyl groups is 1. The zero-order chi connectivity index (χ0) is 16.4. The van der Waals surface area contributed by atoms with Crippen LogP contribution in [0.3, 0.4) is 0 Å². The molecule has 0 aromatic carbocycles. The van der Waals surface area contributed by atoms with Gasteiger partial charge in [0.2, 0.25) is 5.95 Å². The Morgan fingerprint density at radius 3 is 2.61 bits per heavy atom. The Kier molecular flexibility index (Phi) is 4.95. The maximum absolute atomic E-state index is 9.89. The van der Waals surface area contributed by atoms with Crippen molar-refractivity contribution in [1.29, 1.82) is 0 Å². The van der Waals surface area contributed by atoms with Crippen molar-refractivity contribution in [2.24, 2.45) is 5.92 Å². The standard InChI is InChI=1S/C18H32N4O/c1-4-21-16(18(13-23)10-6-11-18)19-20-17(21)22-12-5-7-15(22)9-8-14(2)3/h14-15,23H,4-13H2,1-3H3. The van der Waals surface area contributed by atoms with Crippen LogP contribution in [-0.4, -0.2) is 39.1 Å². The van der Waals surface area contributed by atoms with Crippen molar-refractivity contribution in [3.8, 4) is 0 Å². The van der Waals surface area contributed by atoms with Crippen LogP contribution in [0.2, 0.25) is 0 Å². The predicted octanol–water partition coefficient (Wildman–Crippen LogP) is 3.12. The zero-order valence-electron chi connectivity index (χ0n) is 15.0. The molecule has 2 fully saturated rings. The first-order chi connectivity index (χ1) is 11.1. The molecule has 2 heterocycles. The highest BCUT2D eigenvalue weighted by molar-refractivity contribution is 5.36. The Hall–Kier alpha value is -1.10. The molecule has 5 nitrogen and oxygen atoms in total. The van der Waals surface area contributed by atoms with Crippen molar-refractivity contribution in [1.82, 2.24) is 14.8 Å². The smallest absolute Gasteiger partial charge is 0.227 e. The van der Waals surface area contributed by atoms with Gasteiger partial charge in [-0.3, -0.25) is 4.57 Å². The van der Waals surface area contributed by atoms with E-state index >= 15 is 0 Å². The molecule has 0 radical (unpaired) electrons. The summed E-state index contributed by atoms with van der Waals surface area (Å²) in [6.45, 7) is 8.93. The molecule has 1 saturated carbocycles. The second-order valence-electron chi connectivity index (χ2n) is 7.82. The largest absolute Gasteiger partial charge is 0.395 e. The van der Waals surface area contributed by atoms with Crippen LogP contribution in [0.15, 0.2) is 0 Å². The molecule has 130 valence electrons. The first-order valence-corrected chi connectivity index (χ1v) is 9.42. The van der Waals surface area contributed by atoms with Gasteiger partial charge in [0.1, 0.15) is 5.82 Å². The summed E-state index contributed by atoms with van der Waals surface area (Å²) in [5, 5.41) is 19.0. The van der Waals surface area contributed by atoms with Gasteiger partial charge >= 0.3 is 0 Å². The molecule has 1 atom stereocenters. The molecular weight excluding hydrogens is 288 g/mol.